The Kier molecular flexibility index (Phi) is 5.27. The maximum Gasteiger partial charge on any atom is 0.261 e. The number of rotatable bonds is 6. The number of benzene rings is 2. The van der Waals surface area contributed by atoms with Gasteiger partial charge in [0.25, 0.3) is 5.56 Å². The second-order valence-corrected chi connectivity index (χ2v) is 8.12. The first-order valence-corrected chi connectivity index (χ1v) is 10.7. The normalized spacial score (nSPS) is 12.2. The van der Waals surface area contributed by atoms with Crippen molar-refractivity contribution in [3.8, 4) is 17.1 Å². The van der Waals surface area contributed by atoms with Crippen LogP contribution in [0, 0.1) is 13.8 Å². The number of imidazole rings is 2. The topological polar surface area (TPSA) is 112 Å². The first-order valence-electron chi connectivity index (χ1n) is 10.7. The van der Waals surface area contributed by atoms with E-state index in [1.54, 1.807) is 24.8 Å². The zero-order valence-electron chi connectivity index (χ0n) is 18.3. The predicted octanol–water partition coefficient (Wildman–Crippen LogP) is 3.87. The third-order valence-corrected chi connectivity index (χ3v) is 5.67. The maximum absolute atomic E-state index is 12.8. The number of aliphatic hydroxyl groups excluding tert-OH is 1. The third-order valence-electron chi connectivity index (χ3n) is 5.67. The van der Waals surface area contributed by atoms with E-state index in [-0.39, 0.29) is 12.1 Å². The molecular weight excluding hydrogens is 416 g/mol. The van der Waals surface area contributed by atoms with Crippen molar-refractivity contribution in [1.82, 2.24) is 24.5 Å². The van der Waals surface area contributed by atoms with Crippen LogP contribution in [0.1, 0.15) is 22.8 Å². The Bertz CT molecular complexity index is 1480. The van der Waals surface area contributed by atoms with Crippen LogP contribution < -0.4 is 10.9 Å². The highest BCUT2D eigenvalue weighted by atomic mass is 16.3. The Morgan fingerprint density at radius 1 is 1.18 bits per heavy atom. The lowest BCUT2D eigenvalue weighted by atomic mass is 10.1. The van der Waals surface area contributed by atoms with E-state index in [4.69, 9.17) is 4.98 Å². The number of pyridine rings is 1. The number of aryl methyl sites for hydroxylation is 2. The molecule has 1 atom stereocenters. The predicted molar refractivity (Wildman–Crippen MR) is 129 cm³/mol. The minimum Gasteiger partial charge on any atom is -0.387 e. The van der Waals surface area contributed by atoms with Crippen molar-refractivity contribution in [3.05, 3.63) is 94.4 Å². The molecule has 0 spiro atoms. The Balaban J connectivity index is 1.49. The third kappa shape index (κ3) is 4.04. The molecule has 33 heavy (non-hydrogen) atoms. The molecule has 1 unspecified atom stereocenters. The first kappa shape index (κ1) is 20.7. The van der Waals surface area contributed by atoms with Crippen LogP contribution in [-0.4, -0.2) is 36.2 Å². The molecule has 3 aromatic heterocycles. The number of hydrogen-bond acceptors (Lipinski definition) is 5. The molecule has 0 amide bonds. The molecule has 8 nitrogen and oxygen atoms in total. The number of nitrogens with one attached hydrogen (secondary N) is 3. The average Bonchev–Trinajstić information content (AvgIpc) is 3.48. The van der Waals surface area contributed by atoms with Gasteiger partial charge in [0, 0.05) is 30.8 Å². The van der Waals surface area contributed by atoms with E-state index >= 15 is 0 Å². The summed E-state index contributed by atoms with van der Waals surface area (Å²) < 4.78 is 1.92. The molecule has 2 aromatic carbocycles. The molecule has 0 fully saturated rings. The van der Waals surface area contributed by atoms with E-state index in [1.807, 2.05) is 61.0 Å². The van der Waals surface area contributed by atoms with Crippen molar-refractivity contribution < 1.29 is 5.11 Å². The van der Waals surface area contributed by atoms with Gasteiger partial charge in [-0.2, -0.15) is 0 Å². The summed E-state index contributed by atoms with van der Waals surface area (Å²) in [5.41, 5.74) is 6.17. The lowest BCUT2D eigenvalue weighted by Crippen LogP contribution is -2.17. The summed E-state index contributed by atoms with van der Waals surface area (Å²) in [6, 6.07) is 13.5. The van der Waals surface area contributed by atoms with Gasteiger partial charge in [0.05, 0.1) is 29.2 Å². The Morgan fingerprint density at radius 2 is 2.06 bits per heavy atom. The highest BCUT2D eigenvalue weighted by Crippen LogP contribution is 2.28. The van der Waals surface area contributed by atoms with Gasteiger partial charge in [0.2, 0.25) is 0 Å². The largest absolute Gasteiger partial charge is 0.387 e. The number of hydrogen-bond donors (Lipinski definition) is 4. The van der Waals surface area contributed by atoms with E-state index in [0.29, 0.717) is 17.1 Å². The summed E-state index contributed by atoms with van der Waals surface area (Å²) in [6.07, 6.45) is 6.21. The molecule has 8 heteroatoms. The molecule has 0 aliphatic rings. The minimum absolute atomic E-state index is 0.254. The van der Waals surface area contributed by atoms with Crippen molar-refractivity contribution in [2.75, 3.05) is 11.9 Å². The monoisotopic (exact) mass is 440 g/mol. The smallest absolute Gasteiger partial charge is 0.261 e. The second kappa shape index (κ2) is 8.40. The number of anilines is 1. The number of nitrogens with zero attached hydrogens (tertiary/aromatic N) is 3. The maximum atomic E-state index is 12.8. The Hall–Kier alpha value is -4.17. The molecule has 0 saturated heterocycles. The number of H-pyrrole nitrogens is 2. The fraction of sp³-hybridized carbons (Fsp3) is 0.160. The van der Waals surface area contributed by atoms with Crippen molar-refractivity contribution in [2.45, 2.75) is 20.0 Å². The number of aliphatic hydroxyl groups is 1. The summed E-state index contributed by atoms with van der Waals surface area (Å²) in [6.45, 7) is 4.23. The van der Waals surface area contributed by atoms with Gasteiger partial charge in [-0.3, -0.25) is 4.79 Å². The molecule has 0 saturated carbocycles. The average molecular weight is 441 g/mol. The van der Waals surface area contributed by atoms with E-state index in [2.05, 4.69) is 20.3 Å². The molecule has 3 heterocycles. The van der Waals surface area contributed by atoms with E-state index in [9.17, 15) is 9.90 Å². The lowest BCUT2D eigenvalue weighted by Gasteiger charge is -2.15. The van der Waals surface area contributed by atoms with Crippen LogP contribution in [0.2, 0.25) is 0 Å². The van der Waals surface area contributed by atoms with Gasteiger partial charge in [-0.15, -0.1) is 0 Å². The van der Waals surface area contributed by atoms with E-state index in [1.165, 1.54) is 0 Å². The lowest BCUT2D eigenvalue weighted by molar-refractivity contribution is 0.191. The van der Waals surface area contributed by atoms with Crippen LogP contribution in [0.4, 0.5) is 5.69 Å². The van der Waals surface area contributed by atoms with Crippen LogP contribution in [0.3, 0.4) is 0 Å². The van der Waals surface area contributed by atoms with Crippen LogP contribution in [0.25, 0.3) is 28.1 Å². The molecule has 0 radical (unpaired) electrons. The Morgan fingerprint density at radius 3 is 2.85 bits per heavy atom. The number of fused-ring (bicyclic) bond motifs is 1. The quantitative estimate of drug-likeness (QED) is 0.320. The van der Waals surface area contributed by atoms with Gasteiger partial charge in [-0.25, -0.2) is 9.97 Å². The molecule has 4 N–H and O–H groups in total. The minimum atomic E-state index is -0.715. The molecule has 0 aliphatic carbocycles. The van der Waals surface area contributed by atoms with Crippen LogP contribution in [0.5, 0.6) is 0 Å². The van der Waals surface area contributed by atoms with Crippen LogP contribution >= 0.6 is 0 Å². The summed E-state index contributed by atoms with van der Waals surface area (Å²) in [7, 11) is 0. The van der Waals surface area contributed by atoms with Crippen LogP contribution in [-0.2, 0) is 0 Å². The molecular formula is C25H24N6O2. The standard InChI is InChI=1S/C25H24N6O2/c1-15-4-3-5-17(10-15)21(32)13-28-19-6-7-27-25(33)22(19)24-29-20-12-18(31-9-8-26-14-31)11-16(2)23(20)30-24/h3-12,14,21,32H,13H2,1-2H3,(H,29,30)(H2,27,28,33). The summed E-state index contributed by atoms with van der Waals surface area (Å²) >= 11 is 0. The van der Waals surface area contributed by atoms with Gasteiger partial charge in [0.1, 0.15) is 11.4 Å². The Labute approximate surface area is 190 Å². The fourth-order valence-corrected chi connectivity index (χ4v) is 4.01. The fourth-order valence-electron chi connectivity index (χ4n) is 4.01. The molecule has 0 bridgehead atoms. The van der Waals surface area contributed by atoms with Crippen molar-refractivity contribution in [3.63, 3.8) is 0 Å². The number of aromatic nitrogens is 5. The van der Waals surface area contributed by atoms with Crippen molar-refractivity contribution in [2.24, 2.45) is 0 Å². The molecule has 5 aromatic rings. The second-order valence-electron chi connectivity index (χ2n) is 8.12. The highest BCUT2D eigenvalue weighted by Gasteiger charge is 2.17. The summed E-state index contributed by atoms with van der Waals surface area (Å²) in [5, 5.41) is 13.9. The van der Waals surface area contributed by atoms with Crippen molar-refractivity contribution >= 4 is 16.7 Å². The number of aromatic amines is 2. The first-order chi connectivity index (χ1) is 16.0. The highest BCUT2D eigenvalue weighted by molar-refractivity contribution is 5.86. The summed E-state index contributed by atoms with van der Waals surface area (Å²) in [5.74, 6) is 0.463. The summed E-state index contributed by atoms with van der Waals surface area (Å²) in [4.78, 5) is 27.6. The zero-order valence-corrected chi connectivity index (χ0v) is 18.3. The SMILES string of the molecule is Cc1cccc(C(O)CNc2cc[nH]c(=O)c2-c2nc3c(C)cc(-n4ccnc4)cc3[nH]2)c1. The molecule has 5 rings (SSSR count). The van der Waals surface area contributed by atoms with Gasteiger partial charge in [0.15, 0.2) is 0 Å². The van der Waals surface area contributed by atoms with Gasteiger partial charge >= 0.3 is 0 Å². The van der Waals surface area contributed by atoms with E-state index in [0.717, 1.165) is 33.4 Å². The van der Waals surface area contributed by atoms with Crippen molar-refractivity contribution in [1.29, 1.82) is 0 Å². The molecule has 166 valence electrons. The molecule has 0 aliphatic heterocycles. The van der Waals surface area contributed by atoms with Gasteiger partial charge < -0.3 is 25.0 Å². The van der Waals surface area contributed by atoms with Crippen LogP contribution in [0.15, 0.2) is 72.2 Å². The van der Waals surface area contributed by atoms with Gasteiger partial charge in [-0.05, 0) is 43.2 Å². The van der Waals surface area contributed by atoms with Gasteiger partial charge in [-0.1, -0.05) is 29.8 Å². The zero-order chi connectivity index (χ0) is 22.9. The van der Waals surface area contributed by atoms with E-state index < -0.39 is 6.10 Å².